The molecule has 7 atom stereocenters. The Kier molecular flexibility index (Phi) is 4.65. The van der Waals surface area contributed by atoms with Crippen molar-refractivity contribution in [2.75, 3.05) is 6.61 Å². The highest BCUT2D eigenvalue weighted by Gasteiger charge is 2.70. The van der Waals surface area contributed by atoms with Crippen molar-refractivity contribution < 1.29 is 54.7 Å². The minimum Gasteiger partial charge on any atom is -0.462 e. The Morgan fingerprint density at radius 3 is 2.56 bits per heavy atom. The van der Waals surface area contributed by atoms with Gasteiger partial charge in [-0.3, -0.25) is 18.9 Å². The summed E-state index contributed by atoms with van der Waals surface area (Å²) >= 11 is 0. The van der Waals surface area contributed by atoms with Gasteiger partial charge in [-0.2, -0.15) is 17.2 Å². The van der Waals surface area contributed by atoms with E-state index in [4.69, 9.17) is 14.0 Å². The van der Waals surface area contributed by atoms with Gasteiger partial charge in [-0.25, -0.2) is 4.39 Å². The molecule has 0 spiro atoms. The van der Waals surface area contributed by atoms with Crippen molar-refractivity contribution in [1.82, 2.24) is 0 Å². The van der Waals surface area contributed by atoms with Gasteiger partial charge in [-0.05, 0) is 6.42 Å². The first-order chi connectivity index (χ1) is 12.4. The third kappa shape index (κ3) is 3.06. The lowest BCUT2D eigenvalue weighted by Gasteiger charge is -2.30. The molecular formula is C14H15F3O9S. The van der Waals surface area contributed by atoms with E-state index in [2.05, 4.69) is 4.74 Å². The summed E-state index contributed by atoms with van der Waals surface area (Å²) in [6.45, 7) is -0.526. The third-order valence-electron chi connectivity index (χ3n) is 5.20. The van der Waals surface area contributed by atoms with Crippen LogP contribution in [0.25, 0.3) is 0 Å². The molecule has 0 radical (unpaired) electrons. The van der Waals surface area contributed by atoms with Crippen LogP contribution in [0.4, 0.5) is 13.2 Å². The summed E-state index contributed by atoms with van der Waals surface area (Å²) < 4.78 is 83.9. The van der Waals surface area contributed by atoms with E-state index in [0.29, 0.717) is 6.42 Å². The highest BCUT2D eigenvalue weighted by atomic mass is 32.2. The van der Waals surface area contributed by atoms with Gasteiger partial charge in [-0.15, -0.1) is 0 Å². The lowest BCUT2D eigenvalue weighted by atomic mass is 9.78. The minimum absolute atomic E-state index is 0.291. The number of carbonyl (C=O) groups is 3. The van der Waals surface area contributed by atoms with Gasteiger partial charge >= 0.3 is 33.3 Å². The maximum atomic E-state index is 13.5. The molecule has 0 amide bonds. The van der Waals surface area contributed by atoms with Crippen molar-refractivity contribution in [1.29, 1.82) is 0 Å². The number of alkyl halides is 3. The van der Waals surface area contributed by atoms with E-state index in [0.717, 1.165) is 6.92 Å². The maximum absolute atomic E-state index is 13.5. The monoisotopic (exact) mass is 416 g/mol. The summed E-state index contributed by atoms with van der Waals surface area (Å²) in [4.78, 5) is 35.5. The Balaban J connectivity index is 1.72. The lowest BCUT2D eigenvalue weighted by molar-refractivity contribution is -0.166. The van der Waals surface area contributed by atoms with Crippen LogP contribution >= 0.6 is 0 Å². The van der Waals surface area contributed by atoms with Gasteiger partial charge in [0, 0.05) is 18.8 Å². The number of halogens is 3. The minimum atomic E-state index is -6.05. The predicted molar refractivity (Wildman–Crippen MR) is 76.4 cm³/mol. The molecule has 2 saturated carbocycles. The van der Waals surface area contributed by atoms with E-state index in [9.17, 15) is 36.0 Å². The van der Waals surface area contributed by atoms with E-state index in [1.165, 1.54) is 0 Å². The molecule has 1 aliphatic heterocycles. The average molecular weight is 416 g/mol. The number of ether oxygens (including phenoxy) is 3. The summed E-state index contributed by atoms with van der Waals surface area (Å²) in [6.07, 6.45) is -4.84. The molecular weight excluding hydrogens is 401 g/mol. The maximum Gasteiger partial charge on any atom is 0.403 e. The van der Waals surface area contributed by atoms with Gasteiger partial charge in [-0.1, -0.05) is 0 Å². The van der Waals surface area contributed by atoms with E-state index in [-0.39, 0.29) is 0 Å². The van der Waals surface area contributed by atoms with Crippen molar-refractivity contribution in [2.24, 2.45) is 23.7 Å². The van der Waals surface area contributed by atoms with Crippen LogP contribution in [0.15, 0.2) is 0 Å². The van der Waals surface area contributed by atoms with Gasteiger partial charge < -0.3 is 14.2 Å². The van der Waals surface area contributed by atoms with Crippen LogP contribution in [0, 0.1) is 23.7 Å². The van der Waals surface area contributed by atoms with Gasteiger partial charge in [0.15, 0.2) is 0 Å². The summed E-state index contributed by atoms with van der Waals surface area (Å²) in [6, 6.07) is 0. The Morgan fingerprint density at radius 2 is 2.00 bits per heavy atom. The zero-order valence-corrected chi connectivity index (χ0v) is 14.5. The zero-order chi connectivity index (χ0) is 20.3. The summed E-state index contributed by atoms with van der Waals surface area (Å²) in [5, 5.41) is -5.17. The number of fused-ring (bicyclic) bond motifs is 1. The molecule has 2 aliphatic carbocycles. The second kappa shape index (κ2) is 6.33. The van der Waals surface area contributed by atoms with Gasteiger partial charge in [0.05, 0.1) is 11.8 Å². The molecule has 3 fully saturated rings. The van der Waals surface area contributed by atoms with Gasteiger partial charge in [0.25, 0.3) is 0 Å². The first-order valence-corrected chi connectivity index (χ1v) is 9.33. The van der Waals surface area contributed by atoms with E-state index >= 15 is 0 Å². The molecule has 3 rings (SSSR count). The van der Waals surface area contributed by atoms with Crippen molar-refractivity contribution in [3.63, 3.8) is 0 Å². The number of carbonyl (C=O) groups excluding carboxylic acids is 3. The van der Waals surface area contributed by atoms with Gasteiger partial charge in [0.1, 0.15) is 18.8 Å². The summed E-state index contributed by atoms with van der Waals surface area (Å²) in [7, 11) is -6.05. The summed E-state index contributed by atoms with van der Waals surface area (Å²) in [5.41, 5.74) is 0. The number of rotatable bonds is 6. The topological polar surface area (TPSA) is 133 Å². The number of hydrogen-bond acceptors (Lipinski definition) is 8. The molecule has 1 saturated heterocycles. The largest absolute Gasteiger partial charge is 0.462 e. The Hall–Kier alpha value is -1.89. The smallest absolute Gasteiger partial charge is 0.403 e. The van der Waals surface area contributed by atoms with Gasteiger partial charge in [0.2, 0.25) is 6.17 Å². The molecule has 1 heterocycles. The SMILES string of the molecule is CC(=O)OC1C2CC3C1OC(=O)C3C2C(=O)OCC(F)C(F)(F)S(=O)(=O)O. The standard InChI is InChI=1S/C14H15F3O9S/c1-4(18)25-10-5-2-6-9(13(20)26-11(6)10)8(5)12(19)24-3-7(15)14(16,17)27(21,22)23/h5-11H,2-3H2,1H3,(H,21,22,23). The van der Waals surface area contributed by atoms with Crippen LogP contribution in [-0.4, -0.2) is 61.1 Å². The van der Waals surface area contributed by atoms with Crippen LogP contribution in [0.2, 0.25) is 0 Å². The fraction of sp³-hybridized carbons (Fsp3) is 0.786. The molecule has 0 aromatic heterocycles. The highest BCUT2D eigenvalue weighted by Crippen LogP contribution is 2.59. The van der Waals surface area contributed by atoms with Crippen LogP contribution in [0.3, 0.4) is 0 Å². The fourth-order valence-electron chi connectivity index (χ4n) is 4.17. The molecule has 27 heavy (non-hydrogen) atoms. The van der Waals surface area contributed by atoms with E-state index in [1.54, 1.807) is 0 Å². The Bertz CT molecular complexity index is 783. The molecule has 3 aliphatic rings. The van der Waals surface area contributed by atoms with Crippen LogP contribution < -0.4 is 0 Å². The number of hydrogen-bond donors (Lipinski definition) is 1. The first-order valence-electron chi connectivity index (χ1n) is 7.89. The second-order valence-corrected chi connectivity index (χ2v) is 8.22. The molecule has 7 unspecified atom stereocenters. The Morgan fingerprint density at radius 1 is 1.37 bits per heavy atom. The molecule has 152 valence electrons. The van der Waals surface area contributed by atoms with Crippen LogP contribution in [0.5, 0.6) is 0 Å². The third-order valence-corrected chi connectivity index (χ3v) is 6.14. The van der Waals surface area contributed by atoms with E-state index < -0.39 is 81.9 Å². The normalized spacial score (nSPS) is 35.7. The fourth-order valence-corrected chi connectivity index (χ4v) is 4.56. The molecule has 0 aromatic rings. The van der Waals surface area contributed by atoms with Crippen molar-refractivity contribution in [3.8, 4) is 0 Å². The predicted octanol–water partition coefficient (Wildman–Crippen LogP) is 0.0875. The van der Waals surface area contributed by atoms with Crippen LogP contribution in [0.1, 0.15) is 13.3 Å². The van der Waals surface area contributed by atoms with Crippen molar-refractivity contribution in [3.05, 3.63) is 0 Å². The molecule has 9 nitrogen and oxygen atoms in total. The zero-order valence-electron chi connectivity index (χ0n) is 13.7. The van der Waals surface area contributed by atoms with Crippen LogP contribution in [-0.2, 0) is 38.7 Å². The molecule has 13 heteroatoms. The average Bonchev–Trinajstić information content (AvgIpc) is 3.14. The molecule has 1 N–H and O–H groups in total. The highest BCUT2D eigenvalue weighted by molar-refractivity contribution is 7.86. The molecule has 0 aromatic carbocycles. The number of esters is 3. The van der Waals surface area contributed by atoms with Crippen molar-refractivity contribution in [2.45, 2.75) is 37.0 Å². The first kappa shape index (κ1) is 19.9. The van der Waals surface area contributed by atoms with E-state index in [1.807, 2.05) is 0 Å². The lowest BCUT2D eigenvalue weighted by Crippen LogP contribution is -2.45. The Labute approximate surface area is 150 Å². The summed E-state index contributed by atoms with van der Waals surface area (Å²) in [5.74, 6) is -5.84. The second-order valence-electron chi connectivity index (χ2n) is 6.72. The quantitative estimate of drug-likeness (QED) is 0.363. The molecule has 2 bridgehead atoms. The van der Waals surface area contributed by atoms with Crippen molar-refractivity contribution >= 4 is 28.0 Å².